The maximum Gasteiger partial charge on any atom is 0.336 e. The fourth-order valence-corrected chi connectivity index (χ4v) is 4.17. The highest BCUT2D eigenvalue weighted by molar-refractivity contribution is 5.88. The third kappa shape index (κ3) is 9.43. The Kier molecular flexibility index (Phi) is 11.7. The number of carboxylic acids is 3. The molecule has 0 radical (unpaired) electrons. The van der Waals surface area contributed by atoms with Gasteiger partial charge >= 0.3 is 17.9 Å². The van der Waals surface area contributed by atoms with Crippen LogP contribution in [0.3, 0.4) is 0 Å². The molecule has 38 heavy (non-hydrogen) atoms. The van der Waals surface area contributed by atoms with Gasteiger partial charge in [-0.3, -0.25) is 19.2 Å². The minimum Gasteiger partial charge on any atom is -0.496 e. The fraction of sp³-hybridized carbons (Fsp3) is 0.538. The SMILES string of the molecule is CCn1cc(CN(Cc2ccccc2OC)CC2CCCO2)c(C)n1.O=C(O)CC(O)(CC(=O)O)C(=O)O. The van der Waals surface area contributed by atoms with Crippen molar-refractivity contribution in [2.24, 2.45) is 0 Å². The maximum atomic E-state index is 10.3. The lowest BCUT2D eigenvalue weighted by Gasteiger charge is -2.26. The van der Waals surface area contributed by atoms with Gasteiger partial charge < -0.3 is 29.9 Å². The van der Waals surface area contributed by atoms with Crippen LogP contribution in [0.2, 0.25) is 0 Å². The quantitative estimate of drug-likeness (QED) is 0.296. The molecule has 1 aliphatic heterocycles. The Balaban J connectivity index is 0.000000332. The minimum absolute atomic E-state index is 0.330. The molecule has 2 aromatic rings. The number of carboxylic acid groups (broad SMARTS) is 3. The van der Waals surface area contributed by atoms with Gasteiger partial charge in [-0.05, 0) is 32.8 Å². The molecule has 0 bridgehead atoms. The number of para-hydroxylation sites is 1. The number of nitrogens with zero attached hydrogens (tertiary/aromatic N) is 3. The van der Waals surface area contributed by atoms with Crippen LogP contribution in [-0.2, 0) is 38.8 Å². The smallest absolute Gasteiger partial charge is 0.336 e. The van der Waals surface area contributed by atoms with Crippen molar-refractivity contribution in [3.8, 4) is 5.75 Å². The second-order valence-corrected chi connectivity index (χ2v) is 9.19. The molecule has 210 valence electrons. The Bertz CT molecular complexity index is 1060. The molecule has 1 aliphatic rings. The Hall–Kier alpha value is -3.48. The molecular formula is C26H37N3O9. The van der Waals surface area contributed by atoms with Gasteiger partial charge in [0.25, 0.3) is 0 Å². The highest BCUT2D eigenvalue weighted by Crippen LogP contribution is 2.23. The summed E-state index contributed by atoms with van der Waals surface area (Å²) in [6.07, 6.45) is 2.52. The van der Waals surface area contributed by atoms with E-state index in [1.165, 1.54) is 17.5 Å². The normalized spacial score (nSPS) is 15.1. The summed E-state index contributed by atoms with van der Waals surface area (Å²) < 4.78 is 13.4. The number of benzene rings is 1. The summed E-state index contributed by atoms with van der Waals surface area (Å²) >= 11 is 0. The largest absolute Gasteiger partial charge is 0.496 e. The van der Waals surface area contributed by atoms with E-state index in [0.29, 0.717) is 6.10 Å². The van der Waals surface area contributed by atoms with Gasteiger partial charge in [0.1, 0.15) is 5.75 Å². The topological polar surface area (TPSA) is 172 Å². The molecule has 1 unspecified atom stereocenters. The van der Waals surface area contributed by atoms with Crippen molar-refractivity contribution in [1.29, 1.82) is 0 Å². The highest BCUT2D eigenvalue weighted by atomic mass is 16.5. The van der Waals surface area contributed by atoms with Crippen molar-refractivity contribution in [2.75, 3.05) is 20.3 Å². The van der Waals surface area contributed by atoms with Crippen LogP contribution in [0.15, 0.2) is 30.5 Å². The molecular weight excluding hydrogens is 498 g/mol. The molecule has 3 rings (SSSR count). The molecule has 12 nitrogen and oxygen atoms in total. The predicted octanol–water partition coefficient (Wildman–Crippen LogP) is 2.15. The second-order valence-electron chi connectivity index (χ2n) is 9.19. The lowest BCUT2D eigenvalue weighted by atomic mass is 9.96. The summed E-state index contributed by atoms with van der Waals surface area (Å²) in [5.41, 5.74) is 0.870. The van der Waals surface area contributed by atoms with Crippen molar-refractivity contribution >= 4 is 17.9 Å². The van der Waals surface area contributed by atoms with Gasteiger partial charge in [0.05, 0.1) is 31.7 Å². The maximum absolute atomic E-state index is 10.3. The van der Waals surface area contributed by atoms with Crippen molar-refractivity contribution < 1.29 is 44.3 Å². The second kappa shape index (κ2) is 14.5. The van der Waals surface area contributed by atoms with Gasteiger partial charge in [0, 0.05) is 50.1 Å². The van der Waals surface area contributed by atoms with E-state index in [0.717, 1.165) is 50.7 Å². The van der Waals surface area contributed by atoms with E-state index in [2.05, 4.69) is 42.2 Å². The number of ether oxygens (including phenoxy) is 2. The number of aliphatic carboxylic acids is 3. The molecule has 0 saturated carbocycles. The van der Waals surface area contributed by atoms with Crippen LogP contribution in [0.1, 0.15) is 49.4 Å². The fourth-order valence-electron chi connectivity index (χ4n) is 4.17. The Morgan fingerprint density at radius 2 is 1.76 bits per heavy atom. The van der Waals surface area contributed by atoms with Gasteiger partial charge in [-0.2, -0.15) is 5.10 Å². The van der Waals surface area contributed by atoms with E-state index in [1.54, 1.807) is 7.11 Å². The zero-order valence-electron chi connectivity index (χ0n) is 22.0. The molecule has 12 heteroatoms. The molecule has 4 N–H and O–H groups in total. The lowest BCUT2D eigenvalue weighted by molar-refractivity contribution is -0.170. The summed E-state index contributed by atoms with van der Waals surface area (Å²) in [6, 6.07) is 8.26. The van der Waals surface area contributed by atoms with Crippen LogP contribution in [0.25, 0.3) is 0 Å². The van der Waals surface area contributed by atoms with Crippen LogP contribution in [0.5, 0.6) is 5.75 Å². The number of aromatic nitrogens is 2. The van der Waals surface area contributed by atoms with Gasteiger partial charge in [0.15, 0.2) is 5.60 Å². The number of rotatable bonds is 13. The van der Waals surface area contributed by atoms with E-state index in [9.17, 15) is 14.4 Å². The molecule has 1 aromatic heterocycles. The molecule has 1 aromatic carbocycles. The van der Waals surface area contributed by atoms with Gasteiger partial charge in [-0.1, -0.05) is 18.2 Å². The van der Waals surface area contributed by atoms with E-state index in [1.807, 2.05) is 16.8 Å². The first-order valence-corrected chi connectivity index (χ1v) is 12.4. The third-order valence-corrected chi connectivity index (χ3v) is 6.12. The van der Waals surface area contributed by atoms with Crippen molar-refractivity contribution in [1.82, 2.24) is 14.7 Å². The molecule has 2 heterocycles. The minimum atomic E-state index is -2.74. The van der Waals surface area contributed by atoms with Crippen LogP contribution < -0.4 is 4.74 Å². The van der Waals surface area contributed by atoms with Crippen LogP contribution in [0, 0.1) is 6.92 Å². The van der Waals surface area contributed by atoms with Crippen molar-refractivity contribution in [3.63, 3.8) is 0 Å². The number of carbonyl (C=O) groups is 3. The van der Waals surface area contributed by atoms with E-state index >= 15 is 0 Å². The van der Waals surface area contributed by atoms with Crippen LogP contribution in [0.4, 0.5) is 0 Å². The van der Waals surface area contributed by atoms with Gasteiger partial charge in [-0.25, -0.2) is 4.79 Å². The Morgan fingerprint density at radius 1 is 1.13 bits per heavy atom. The van der Waals surface area contributed by atoms with Crippen molar-refractivity contribution in [3.05, 3.63) is 47.3 Å². The number of methoxy groups -OCH3 is 1. The zero-order valence-corrected chi connectivity index (χ0v) is 22.0. The average molecular weight is 536 g/mol. The summed E-state index contributed by atoms with van der Waals surface area (Å²) in [5.74, 6) is -4.07. The molecule has 0 aliphatic carbocycles. The van der Waals surface area contributed by atoms with E-state index in [4.69, 9.17) is 29.9 Å². The van der Waals surface area contributed by atoms with E-state index in [-0.39, 0.29) is 0 Å². The third-order valence-electron chi connectivity index (χ3n) is 6.12. The van der Waals surface area contributed by atoms with Crippen LogP contribution in [-0.4, -0.2) is 85.0 Å². The Morgan fingerprint density at radius 3 is 2.26 bits per heavy atom. The first-order valence-electron chi connectivity index (χ1n) is 12.4. The predicted molar refractivity (Wildman–Crippen MR) is 136 cm³/mol. The monoisotopic (exact) mass is 535 g/mol. The molecule has 1 saturated heterocycles. The summed E-state index contributed by atoms with van der Waals surface area (Å²) in [5, 5.41) is 38.4. The number of hydrogen-bond donors (Lipinski definition) is 4. The number of hydrogen-bond acceptors (Lipinski definition) is 8. The number of aliphatic hydroxyl groups is 1. The van der Waals surface area contributed by atoms with Crippen molar-refractivity contribution in [2.45, 2.75) is 70.9 Å². The first kappa shape index (κ1) is 30.7. The molecule has 0 spiro atoms. The Labute approximate surface area is 221 Å². The highest BCUT2D eigenvalue weighted by Gasteiger charge is 2.40. The summed E-state index contributed by atoms with van der Waals surface area (Å²) in [7, 11) is 1.73. The molecule has 1 atom stereocenters. The standard InChI is InChI=1S/C20H29N3O2.C6H8O7/c1-4-23-14-18(16(2)21-23)13-22(15-19-9-7-11-25-19)12-17-8-5-6-10-20(17)24-3;7-3(8)1-6(13,5(11)12)2-4(9)10/h5-6,8,10,14,19H,4,7,9,11-13,15H2,1-3H3;13H,1-2H2,(H,7,8)(H,9,10)(H,11,12). The average Bonchev–Trinajstić information content (AvgIpc) is 3.48. The summed E-state index contributed by atoms with van der Waals surface area (Å²) in [6.45, 7) is 8.67. The van der Waals surface area contributed by atoms with E-state index < -0.39 is 36.4 Å². The zero-order chi connectivity index (χ0) is 28.3. The molecule has 0 amide bonds. The lowest BCUT2D eigenvalue weighted by Crippen LogP contribution is -2.42. The van der Waals surface area contributed by atoms with Gasteiger partial charge in [0.2, 0.25) is 0 Å². The number of aryl methyl sites for hydroxylation is 2. The first-order chi connectivity index (χ1) is 18.0. The van der Waals surface area contributed by atoms with Gasteiger partial charge in [-0.15, -0.1) is 0 Å². The van der Waals surface area contributed by atoms with Crippen LogP contribution >= 0.6 is 0 Å². The summed E-state index contributed by atoms with van der Waals surface area (Å²) in [4.78, 5) is 32.9. The molecule has 1 fully saturated rings.